The molecule has 1 heterocycles. The molecule has 2 N–H and O–H groups in total. The van der Waals surface area contributed by atoms with E-state index >= 15 is 0 Å². The second-order valence-corrected chi connectivity index (χ2v) is 11.6. The summed E-state index contributed by atoms with van der Waals surface area (Å²) in [4.78, 5) is 3.26. The molecule has 6 nitrogen and oxygen atoms in total. The summed E-state index contributed by atoms with van der Waals surface area (Å²) in [5.74, 6) is -1.31. The van der Waals surface area contributed by atoms with Crippen LogP contribution < -0.4 is 14.8 Å². The number of hydrogen-bond donors (Lipinski definition) is 2. The lowest BCUT2D eigenvalue weighted by molar-refractivity contribution is 0.229. The van der Waals surface area contributed by atoms with Gasteiger partial charge in [0.1, 0.15) is 22.3 Å². The van der Waals surface area contributed by atoms with Crippen molar-refractivity contribution in [2.24, 2.45) is 5.92 Å². The maximum Gasteiger partial charge on any atom is 0.266 e. The monoisotopic (exact) mass is 589 g/mol. The fourth-order valence-electron chi connectivity index (χ4n) is 4.26. The summed E-state index contributed by atoms with van der Waals surface area (Å²) in [7, 11) is -4.23. The van der Waals surface area contributed by atoms with E-state index in [1.807, 2.05) is 0 Å². The van der Waals surface area contributed by atoms with Crippen LogP contribution in [-0.4, -0.2) is 32.1 Å². The van der Waals surface area contributed by atoms with Gasteiger partial charge in [0.05, 0.1) is 17.1 Å². The van der Waals surface area contributed by atoms with Crippen LogP contribution in [0.4, 0.5) is 14.6 Å². The minimum atomic E-state index is -4.23. The normalized spacial score (nSPS) is 17.7. The Kier molecular flexibility index (Phi) is 9.93. The Labute approximate surface area is 230 Å². The second-order valence-electron chi connectivity index (χ2n) is 8.78. The van der Waals surface area contributed by atoms with Crippen LogP contribution in [-0.2, 0) is 10.0 Å². The lowest BCUT2D eigenvalue weighted by Crippen LogP contribution is -2.44. The average Bonchev–Trinajstić information content (AvgIpc) is 3.32. The van der Waals surface area contributed by atoms with Crippen LogP contribution in [0.1, 0.15) is 32.3 Å². The number of aromatic nitrogens is 1. The molecule has 0 saturated heterocycles. The number of sulfonamides is 1. The van der Waals surface area contributed by atoms with Crippen LogP contribution in [0.2, 0.25) is 5.02 Å². The summed E-state index contributed by atoms with van der Waals surface area (Å²) in [5.41, 5.74) is 3.34. The molecular weight excluding hydrogens is 563 g/mol. The van der Waals surface area contributed by atoms with E-state index < -0.39 is 20.7 Å². The molecule has 0 amide bonds. The number of thiazole rings is 1. The van der Waals surface area contributed by atoms with E-state index in [1.54, 1.807) is 12.1 Å². The second kappa shape index (κ2) is 12.5. The number of rotatable bonds is 9. The Morgan fingerprint density at radius 2 is 1.95 bits per heavy atom. The summed E-state index contributed by atoms with van der Waals surface area (Å²) < 4.78 is 61.9. The Morgan fingerprint density at radius 3 is 2.59 bits per heavy atom. The van der Waals surface area contributed by atoms with Gasteiger partial charge in [-0.3, -0.25) is 4.72 Å². The van der Waals surface area contributed by atoms with E-state index in [-0.39, 0.29) is 59.4 Å². The standard InChI is InChI=1S/C25H26ClF2N3O3S2.ClH/c1-15(2)30-22-5-3-4-18(16-6-8-17(27)9-7-16)19(22)12-34-23-11-21(28)24(10-20(23)26)36(32,33)31-25-13-35-14-29-25;/h4,6-11,13-15,19,22,30-31H,3,5,12H2,1-2H3;1H/t19-,22-;/m1./s1. The van der Waals surface area contributed by atoms with Gasteiger partial charge in [-0.05, 0) is 42.2 Å². The molecule has 12 heteroatoms. The molecule has 0 bridgehead atoms. The highest BCUT2D eigenvalue weighted by atomic mass is 35.5. The van der Waals surface area contributed by atoms with Gasteiger partial charge in [0, 0.05) is 29.4 Å². The van der Waals surface area contributed by atoms with Crippen LogP contribution in [0.15, 0.2) is 58.3 Å². The Bertz CT molecular complexity index is 1340. The molecule has 2 aromatic carbocycles. The van der Waals surface area contributed by atoms with Crippen molar-refractivity contribution in [3.8, 4) is 5.75 Å². The van der Waals surface area contributed by atoms with Crippen molar-refractivity contribution in [1.29, 1.82) is 0 Å². The first-order chi connectivity index (χ1) is 17.1. The third-order valence-corrected chi connectivity index (χ3v) is 8.07. The molecule has 37 heavy (non-hydrogen) atoms. The SMILES string of the molecule is CC(C)N[C@@H]1CCC=C(c2ccc(F)cc2)[C@H]1COc1cc(F)c(S(=O)(=O)Nc2cscn2)cc1Cl.Cl. The zero-order valence-electron chi connectivity index (χ0n) is 20.1. The fraction of sp³-hybridized carbons (Fsp3) is 0.320. The van der Waals surface area contributed by atoms with Gasteiger partial charge in [-0.15, -0.1) is 23.7 Å². The zero-order chi connectivity index (χ0) is 25.9. The third kappa shape index (κ3) is 7.20. The molecule has 4 rings (SSSR count). The highest BCUT2D eigenvalue weighted by molar-refractivity contribution is 7.92. The molecule has 3 aromatic rings. The predicted molar refractivity (Wildman–Crippen MR) is 146 cm³/mol. The lowest BCUT2D eigenvalue weighted by atomic mass is 9.80. The smallest absolute Gasteiger partial charge is 0.266 e. The number of nitrogens with zero attached hydrogens (tertiary/aromatic N) is 1. The number of allylic oxidation sites excluding steroid dienone is 1. The van der Waals surface area contributed by atoms with Gasteiger partial charge in [-0.25, -0.2) is 22.2 Å². The number of anilines is 1. The van der Waals surface area contributed by atoms with Gasteiger partial charge in [0.2, 0.25) is 0 Å². The van der Waals surface area contributed by atoms with Crippen LogP contribution in [0.3, 0.4) is 0 Å². The molecule has 0 unspecified atom stereocenters. The predicted octanol–water partition coefficient (Wildman–Crippen LogP) is 6.54. The highest BCUT2D eigenvalue weighted by Crippen LogP contribution is 2.36. The number of ether oxygens (including phenoxy) is 1. The van der Waals surface area contributed by atoms with Crippen molar-refractivity contribution < 1.29 is 21.9 Å². The molecule has 0 saturated carbocycles. The first-order valence-electron chi connectivity index (χ1n) is 11.4. The topological polar surface area (TPSA) is 80.3 Å². The molecular formula is C25H27Cl2F2N3O3S2. The number of hydrogen-bond acceptors (Lipinski definition) is 6. The fourth-order valence-corrected chi connectivity index (χ4v) is 6.18. The van der Waals surface area contributed by atoms with E-state index in [4.69, 9.17) is 16.3 Å². The summed E-state index contributed by atoms with van der Waals surface area (Å²) in [5, 5.41) is 5.02. The summed E-state index contributed by atoms with van der Waals surface area (Å²) in [6, 6.07) is 8.59. The minimum absolute atomic E-state index is 0. The highest BCUT2D eigenvalue weighted by Gasteiger charge is 2.30. The number of halogens is 4. The van der Waals surface area contributed by atoms with Crippen molar-refractivity contribution in [2.75, 3.05) is 11.3 Å². The first kappa shape index (κ1) is 29.3. The van der Waals surface area contributed by atoms with Crippen molar-refractivity contribution in [1.82, 2.24) is 10.3 Å². The molecule has 0 radical (unpaired) electrons. The Morgan fingerprint density at radius 1 is 1.22 bits per heavy atom. The van der Waals surface area contributed by atoms with Gasteiger partial charge in [-0.2, -0.15) is 0 Å². The van der Waals surface area contributed by atoms with E-state index in [1.165, 1.54) is 34.4 Å². The first-order valence-corrected chi connectivity index (χ1v) is 14.2. The average molecular weight is 591 g/mol. The van der Waals surface area contributed by atoms with Crippen LogP contribution in [0.25, 0.3) is 5.57 Å². The summed E-state index contributed by atoms with van der Waals surface area (Å²) >= 11 is 7.53. The van der Waals surface area contributed by atoms with Gasteiger partial charge in [0.15, 0.2) is 5.82 Å². The molecule has 200 valence electrons. The van der Waals surface area contributed by atoms with Gasteiger partial charge in [-0.1, -0.05) is 43.7 Å². The molecule has 1 aromatic heterocycles. The van der Waals surface area contributed by atoms with Crippen LogP contribution >= 0.6 is 35.3 Å². The molecule has 2 atom stereocenters. The van der Waals surface area contributed by atoms with Crippen LogP contribution in [0.5, 0.6) is 5.75 Å². The molecule has 1 aliphatic rings. The van der Waals surface area contributed by atoms with E-state index in [9.17, 15) is 17.2 Å². The van der Waals surface area contributed by atoms with Crippen LogP contribution in [0, 0.1) is 17.6 Å². The molecule has 1 aliphatic carbocycles. The van der Waals surface area contributed by atoms with E-state index in [0.29, 0.717) is 0 Å². The maximum atomic E-state index is 14.9. The van der Waals surface area contributed by atoms with E-state index in [2.05, 4.69) is 34.9 Å². The summed E-state index contributed by atoms with van der Waals surface area (Å²) in [6.45, 7) is 4.27. The third-order valence-electron chi connectivity index (χ3n) is 5.82. The minimum Gasteiger partial charge on any atom is -0.491 e. The molecule has 0 aliphatic heterocycles. The maximum absolute atomic E-state index is 14.9. The number of benzene rings is 2. The van der Waals surface area contributed by atoms with E-state index in [0.717, 1.165) is 36.1 Å². The lowest BCUT2D eigenvalue weighted by Gasteiger charge is -2.35. The molecule has 0 fully saturated rings. The van der Waals surface area contributed by atoms with Crippen molar-refractivity contribution in [3.63, 3.8) is 0 Å². The van der Waals surface area contributed by atoms with Gasteiger partial charge < -0.3 is 10.1 Å². The number of nitrogens with one attached hydrogen (secondary N) is 2. The molecule has 0 spiro atoms. The van der Waals surface area contributed by atoms with Crippen molar-refractivity contribution in [2.45, 2.75) is 43.7 Å². The summed E-state index contributed by atoms with van der Waals surface area (Å²) in [6.07, 6.45) is 3.84. The Hall–Kier alpha value is -2.24. The Balaban J connectivity index is 0.00000380. The van der Waals surface area contributed by atoms with Gasteiger partial charge >= 0.3 is 0 Å². The van der Waals surface area contributed by atoms with Crippen molar-refractivity contribution in [3.05, 3.63) is 75.6 Å². The largest absolute Gasteiger partial charge is 0.491 e. The zero-order valence-corrected chi connectivity index (χ0v) is 23.3. The quantitative estimate of drug-likeness (QED) is 0.296. The van der Waals surface area contributed by atoms with Crippen molar-refractivity contribution >= 4 is 56.8 Å². The van der Waals surface area contributed by atoms with Gasteiger partial charge in [0.25, 0.3) is 10.0 Å².